The van der Waals surface area contributed by atoms with E-state index < -0.39 is 4.75 Å². The second-order valence-electron chi connectivity index (χ2n) is 3.40. The minimum absolute atomic E-state index is 0.451. The summed E-state index contributed by atoms with van der Waals surface area (Å²) in [4.78, 5) is 0. The van der Waals surface area contributed by atoms with E-state index in [2.05, 4.69) is 6.07 Å². The summed E-state index contributed by atoms with van der Waals surface area (Å²) in [7, 11) is 0. The molecule has 1 nitrogen and oxygen atoms in total. The third-order valence-corrected chi connectivity index (χ3v) is 3.87. The van der Waals surface area contributed by atoms with Crippen LogP contribution in [0.3, 0.4) is 0 Å². The summed E-state index contributed by atoms with van der Waals surface area (Å²) < 4.78 is -0.451. The summed E-state index contributed by atoms with van der Waals surface area (Å²) >= 11 is 7.28. The summed E-state index contributed by atoms with van der Waals surface area (Å²) in [5, 5.41) is 9.23. The topological polar surface area (TPSA) is 23.8 Å². The Morgan fingerprint density at radius 2 is 2.07 bits per heavy atom. The van der Waals surface area contributed by atoms with E-state index in [0.29, 0.717) is 5.88 Å². The van der Waals surface area contributed by atoms with Crippen molar-refractivity contribution in [1.82, 2.24) is 0 Å². The van der Waals surface area contributed by atoms with Crippen LogP contribution in [-0.4, -0.2) is 11.6 Å². The van der Waals surface area contributed by atoms with E-state index in [9.17, 15) is 5.26 Å². The van der Waals surface area contributed by atoms with E-state index in [1.165, 1.54) is 0 Å². The SMILES string of the molecule is CC(C#N)(SCCCCl)c1ccccc1. The predicted octanol–water partition coefficient (Wildman–Crippen LogP) is 3.79. The lowest BCUT2D eigenvalue weighted by atomic mass is 10.0. The van der Waals surface area contributed by atoms with Crippen molar-refractivity contribution in [2.24, 2.45) is 0 Å². The summed E-state index contributed by atoms with van der Waals surface area (Å²) in [6, 6.07) is 12.3. The number of nitrogens with zero attached hydrogens (tertiary/aromatic N) is 1. The van der Waals surface area contributed by atoms with Crippen LogP contribution in [0.2, 0.25) is 0 Å². The molecule has 0 radical (unpaired) electrons. The largest absolute Gasteiger partial charge is 0.196 e. The van der Waals surface area contributed by atoms with Crippen LogP contribution in [0.15, 0.2) is 30.3 Å². The van der Waals surface area contributed by atoms with Gasteiger partial charge in [-0.25, -0.2) is 0 Å². The highest BCUT2D eigenvalue weighted by Crippen LogP contribution is 2.35. The van der Waals surface area contributed by atoms with Crippen LogP contribution in [0, 0.1) is 11.3 Å². The number of rotatable bonds is 5. The Morgan fingerprint density at radius 3 is 2.60 bits per heavy atom. The van der Waals surface area contributed by atoms with Crippen molar-refractivity contribution in [3.8, 4) is 6.07 Å². The maximum atomic E-state index is 9.23. The zero-order valence-corrected chi connectivity index (χ0v) is 10.3. The van der Waals surface area contributed by atoms with Crippen LogP contribution < -0.4 is 0 Å². The van der Waals surface area contributed by atoms with Crippen molar-refractivity contribution in [1.29, 1.82) is 5.26 Å². The van der Waals surface area contributed by atoms with Crippen molar-refractivity contribution in [3.05, 3.63) is 35.9 Å². The van der Waals surface area contributed by atoms with Gasteiger partial charge in [0.1, 0.15) is 4.75 Å². The maximum Gasteiger partial charge on any atom is 0.125 e. The summed E-state index contributed by atoms with van der Waals surface area (Å²) in [6.45, 7) is 1.96. The molecule has 0 aliphatic heterocycles. The van der Waals surface area contributed by atoms with Crippen LogP contribution in [0.1, 0.15) is 18.9 Å². The van der Waals surface area contributed by atoms with E-state index >= 15 is 0 Å². The maximum absolute atomic E-state index is 9.23. The average molecular weight is 240 g/mol. The Balaban J connectivity index is 2.73. The summed E-state index contributed by atoms with van der Waals surface area (Å²) in [6.07, 6.45) is 0.941. The van der Waals surface area contributed by atoms with Gasteiger partial charge in [0.05, 0.1) is 6.07 Å². The number of nitriles is 1. The van der Waals surface area contributed by atoms with Gasteiger partial charge in [0.15, 0.2) is 0 Å². The highest BCUT2D eigenvalue weighted by molar-refractivity contribution is 8.00. The molecule has 0 heterocycles. The van der Waals surface area contributed by atoms with E-state index in [4.69, 9.17) is 11.6 Å². The number of halogens is 1. The molecule has 0 aliphatic rings. The van der Waals surface area contributed by atoms with Gasteiger partial charge in [-0.1, -0.05) is 30.3 Å². The third-order valence-electron chi connectivity index (χ3n) is 2.21. The molecule has 1 aromatic carbocycles. The van der Waals surface area contributed by atoms with Gasteiger partial charge in [0, 0.05) is 5.88 Å². The first-order valence-corrected chi connectivity index (χ1v) is 6.41. The average Bonchev–Trinajstić information content (AvgIpc) is 2.30. The Kier molecular flexibility index (Phi) is 5.01. The Labute approximate surface area is 100 Å². The summed E-state index contributed by atoms with van der Waals surface area (Å²) in [5.41, 5.74) is 1.06. The van der Waals surface area contributed by atoms with E-state index in [1.807, 2.05) is 37.3 Å². The lowest BCUT2D eigenvalue weighted by Crippen LogP contribution is -2.15. The Hall–Kier alpha value is -0.650. The van der Waals surface area contributed by atoms with Crippen molar-refractivity contribution in [2.45, 2.75) is 18.1 Å². The molecular formula is C12H14ClNS. The lowest BCUT2D eigenvalue weighted by molar-refractivity contribution is 0.890. The highest BCUT2D eigenvalue weighted by atomic mass is 35.5. The molecule has 0 amide bonds. The fourth-order valence-corrected chi connectivity index (χ4v) is 2.62. The smallest absolute Gasteiger partial charge is 0.125 e. The molecule has 0 fully saturated rings. The van der Waals surface area contributed by atoms with Gasteiger partial charge in [-0.2, -0.15) is 5.26 Å². The number of alkyl halides is 1. The second kappa shape index (κ2) is 6.05. The first-order chi connectivity index (χ1) is 7.23. The molecule has 1 unspecified atom stereocenters. The normalized spacial score (nSPS) is 14.2. The molecule has 0 bridgehead atoms. The first-order valence-electron chi connectivity index (χ1n) is 4.89. The highest BCUT2D eigenvalue weighted by Gasteiger charge is 2.26. The van der Waals surface area contributed by atoms with Crippen LogP contribution in [-0.2, 0) is 4.75 Å². The molecular weight excluding hydrogens is 226 g/mol. The van der Waals surface area contributed by atoms with Gasteiger partial charge in [-0.15, -0.1) is 23.4 Å². The second-order valence-corrected chi connectivity index (χ2v) is 5.29. The van der Waals surface area contributed by atoms with Gasteiger partial charge in [-0.05, 0) is 24.7 Å². The monoisotopic (exact) mass is 239 g/mol. The Bertz CT molecular complexity index is 333. The number of hydrogen-bond donors (Lipinski definition) is 0. The van der Waals surface area contributed by atoms with Gasteiger partial charge >= 0.3 is 0 Å². The van der Waals surface area contributed by atoms with E-state index in [1.54, 1.807) is 11.8 Å². The molecule has 1 atom stereocenters. The first kappa shape index (κ1) is 12.4. The van der Waals surface area contributed by atoms with Crippen LogP contribution in [0.4, 0.5) is 0 Å². The molecule has 0 aromatic heterocycles. The van der Waals surface area contributed by atoms with Gasteiger partial charge in [0.2, 0.25) is 0 Å². The molecule has 0 spiro atoms. The van der Waals surface area contributed by atoms with Crippen LogP contribution in [0.25, 0.3) is 0 Å². The summed E-state index contributed by atoms with van der Waals surface area (Å²) in [5.74, 6) is 1.58. The molecule has 0 saturated heterocycles. The fraction of sp³-hybridized carbons (Fsp3) is 0.417. The van der Waals surface area contributed by atoms with Crippen LogP contribution in [0.5, 0.6) is 0 Å². The third kappa shape index (κ3) is 3.44. The molecule has 0 N–H and O–H groups in total. The zero-order chi connectivity index (χ0) is 11.1. The quantitative estimate of drug-likeness (QED) is 0.577. The minimum Gasteiger partial charge on any atom is -0.196 e. The number of hydrogen-bond acceptors (Lipinski definition) is 2. The van der Waals surface area contributed by atoms with Crippen molar-refractivity contribution in [2.75, 3.05) is 11.6 Å². The van der Waals surface area contributed by atoms with Crippen molar-refractivity contribution in [3.63, 3.8) is 0 Å². The van der Waals surface area contributed by atoms with Gasteiger partial charge in [-0.3, -0.25) is 0 Å². The minimum atomic E-state index is -0.451. The van der Waals surface area contributed by atoms with E-state index in [0.717, 1.165) is 17.7 Å². The molecule has 0 saturated carbocycles. The molecule has 15 heavy (non-hydrogen) atoms. The molecule has 80 valence electrons. The predicted molar refractivity (Wildman–Crippen MR) is 67.2 cm³/mol. The van der Waals surface area contributed by atoms with Crippen molar-refractivity contribution >= 4 is 23.4 Å². The molecule has 1 aromatic rings. The molecule has 3 heteroatoms. The lowest BCUT2D eigenvalue weighted by Gasteiger charge is -2.21. The zero-order valence-electron chi connectivity index (χ0n) is 8.74. The van der Waals surface area contributed by atoms with Gasteiger partial charge < -0.3 is 0 Å². The van der Waals surface area contributed by atoms with E-state index in [-0.39, 0.29) is 0 Å². The van der Waals surface area contributed by atoms with Crippen LogP contribution >= 0.6 is 23.4 Å². The standard InChI is InChI=1S/C12H14ClNS/c1-12(10-14,15-9-5-8-13)11-6-3-2-4-7-11/h2-4,6-7H,5,8-9H2,1H3. The molecule has 0 aliphatic carbocycles. The Morgan fingerprint density at radius 1 is 1.40 bits per heavy atom. The van der Waals surface area contributed by atoms with Crippen molar-refractivity contribution < 1.29 is 0 Å². The molecule has 1 rings (SSSR count). The van der Waals surface area contributed by atoms with Gasteiger partial charge in [0.25, 0.3) is 0 Å². The number of thioether (sulfide) groups is 1. The number of benzene rings is 1. The fourth-order valence-electron chi connectivity index (χ4n) is 1.27.